The molecular weight excluding hydrogens is 458 g/mol. The number of nitrogens with zero attached hydrogens (tertiary/aromatic N) is 1. The van der Waals surface area contributed by atoms with Crippen LogP contribution < -0.4 is 9.47 Å². The molecule has 0 N–H and O–H groups in total. The number of carbonyl (C=O) groups is 2. The molecule has 2 aromatic carbocycles. The van der Waals surface area contributed by atoms with E-state index in [1.165, 1.54) is 20.3 Å². The summed E-state index contributed by atoms with van der Waals surface area (Å²) in [7, 11) is 2.64. The van der Waals surface area contributed by atoms with E-state index in [4.69, 9.17) is 19.2 Å². The summed E-state index contributed by atoms with van der Waals surface area (Å²) in [5.41, 5.74) is 4.99. The second-order valence-electron chi connectivity index (χ2n) is 10.3. The number of aliphatic imine (C=N–C) groups is 1. The van der Waals surface area contributed by atoms with Gasteiger partial charge in [-0.15, -0.1) is 0 Å². The molecule has 0 spiro atoms. The number of carbonyl (C=O) groups excluding carboxylic acids is 2. The topological polar surface area (TPSA) is 83.4 Å². The van der Waals surface area contributed by atoms with E-state index in [0.29, 0.717) is 17.7 Å². The maximum atomic E-state index is 12.7. The van der Waals surface area contributed by atoms with Gasteiger partial charge in [-0.05, 0) is 70.4 Å². The average Bonchev–Trinajstić information content (AvgIpc) is 3.16. The predicted octanol–water partition coefficient (Wildman–Crippen LogP) is 4.94. The van der Waals surface area contributed by atoms with Crippen LogP contribution in [-0.4, -0.2) is 49.6 Å². The van der Waals surface area contributed by atoms with Gasteiger partial charge in [-0.2, -0.15) is 0 Å². The Morgan fingerprint density at radius 3 is 2.50 bits per heavy atom. The number of methoxy groups -OCH3 is 2. The standard InChI is InChI=1S/C29H33NO6/c1-8-35-22-14-19-15-28(2,3)30-25(24(19)21-16-29(4,5)36-26(21)22)18-10-9-17(11-12-23(31)33-6)20(13-18)27(32)34-7/h9-14H,8,15-16H2,1-7H3/b12-11+. The first-order valence-corrected chi connectivity index (χ1v) is 12.1. The highest BCUT2D eigenvalue weighted by Gasteiger charge is 2.40. The fourth-order valence-electron chi connectivity index (χ4n) is 4.90. The lowest BCUT2D eigenvalue weighted by Crippen LogP contribution is -2.31. The van der Waals surface area contributed by atoms with Gasteiger partial charge in [0, 0.05) is 29.2 Å². The fourth-order valence-corrected chi connectivity index (χ4v) is 4.90. The normalized spacial score (nSPS) is 17.0. The van der Waals surface area contributed by atoms with E-state index in [9.17, 15) is 9.59 Å². The van der Waals surface area contributed by atoms with Crippen molar-refractivity contribution >= 4 is 23.7 Å². The first-order chi connectivity index (χ1) is 17.0. The van der Waals surface area contributed by atoms with Crippen LogP contribution in [-0.2, 0) is 27.1 Å². The second-order valence-corrected chi connectivity index (χ2v) is 10.3. The minimum absolute atomic E-state index is 0.335. The van der Waals surface area contributed by atoms with Gasteiger partial charge in [0.25, 0.3) is 0 Å². The van der Waals surface area contributed by atoms with E-state index in [1.807, 2.05) is 13.0 Å². The molecule has 0 bridgehead atoms. The van der Waals surface area contributed by atoms with Crippen LogP contribution >= 0.6 is 0 Å². The van der Waals surface area contributed by atoms with Crippen molar-refractivity contribution in [2.45, 2.75) is 58.6 Å². The van der Waals surface area contributed by atoms with Crippen LogP contribution in [0.15, 0.2) is 35.3 Å². The molecule has 0 saturated heterocycles. The Kier molecular flexibility index (Phi) is 6.69. The SMILES string of the molecule is CCOc1cc2c(c3c1OC(C)(C)C3)C(c1ccc(/C=C/C(=O)OC)c(C(=O)OC)c1)=NC(C)(C)C2. The Hall–Kier alpha value is -3.61. The molecule has 2 aliphatic rings. The van der Waals surface area contributed by atoms with Gasteiger partial charge in [-0.1, -0.05) is 12.1 Å². The smallest absolute Gasteiger partial charge is 0.338 e. The number of fused-ring (bicyclic) bond motifs is 3. The van der Waals surface area contributed by atoms with Crippen LogP contribution in [0.4, 0.5) is 0 Å². The Labute approximate surface area is 212 Å². The van der Waals surface area contributed by atoms with Crippen molar-refractivity contribution in [2.75, 3.05) is 20.8 Å². The number of ether oxygens (including phenoxy) is 4. The fraction of sp³-hybridized carbons (Fsp3) is 0.414. The van der Waals surface area contributed by atoms with Crippen molar-refractivity contribution in [3.63, 3.8) is 0 Å². The Balaban J connectivity index is 1.92. The van der Waals surface area contributed by atoms with E-state index < -0.39 is 11.9 Å². The lowest BCUT2D eigenvalue weighted by Gasteiger charge is -2.31. The highest BCUT2D eigenvalue weighted by molar-refractivity contribution is 6.17. The first kappa shape index (κ1) is 25.5. The largest absolute Gasteiger partial charge is 0.490 e. The summed E-state index contributed by atoms with van der Waals surface area (Å²) in [4.78, 5) is 29.5. The zero-order valence-electron chi connectivity index (χ0n) is 22.0. The second kappa shape index (κ2) is 9.45. The molecule has 0 atom stereocenters. The monoisotopic (exact) mass is 491 g/mol. The zero-order valence-corrected chi connectivity index (χ0v) is 22.0. The maximum absolute atomic E-state index is 12.7. The van der Waals surface area contributed by atoms with Gasteiger partial charge >= 0.3 is 11.9 Å². The summed E-state index contributed by atoms with van der Waals surface area (Å²) in [6, 6.07) is 7.55. The molecule has 0 fully saturated rings. The minimum Gasteiger partial charge on any atom is -0.490 e. The van der Waals surface area contributed by atoms with Crippen molar-refractivity contribution in [2.24, 2.45) is 4.99 Å². The Morgan fingerprint density at radius 2 is 1.83 bits per heavy atom. The van der Waals surface area contributed by atoms with Crippen LogP contribution in [0.3, 0.4) is 0 Å². The van der Waals surface area contributed by atoms with Gasteiger partial charge in [-0.25, -0.2) is 9.59 Å². The van der Waals surface area contributed by atoms with Crippen LogP contribution in [0, 0.1) is 0 Å². The number of rotatable bonds is 6. The first-order valence-electron chi connectivity index (χ1n) is 12.1. The number of hydrogen-bond donors (Lipinski definition) is 0. The molecule has 0 radical (unpaired) electrons. The van der Waals surface area contributed by atoms with Crippen molar-refractivity contribution in [3.8, 4) is 11.5 Å². The summed E-state index contributed by atoms with van der Waals surface area (Å²) in [5, 5.41) is 0. The number of esters is 2. The van der Waals surface area contributed by atoms with Crippen LogP contribution in [0.1, 0.15) is 72.8 Å². The lowest BCUT2D eigenvalue weighted by molar-refractivity contribution is -0.134. The van der Waals surface area contributed by atoms with Crippen LogP contribution in [0.2, 0.25) is 0 Å². The third-order valence-corrected chi connectivity index (χ3v) is 6.31. The molecule has 190 valence electrons. The van der Waals surface area contributed by atoms with Gasteiger partial charge in [0.2, 0.25) is 0 Å². The van der Waals surface area contributed by atoms with Gasteiger partial charge in [0.15, 0.2) is 11.5 Å². The molecule has 36 heavy (non-hydrogen) atoms. The maximum Gasteiger partial charge on any atom is 0.338 e. The molecule has 2 aliphatic heterocycles. The average molecular weight is 492 g/mol. The van der Waals surface area contributed by atoms with Crippen molar-refractivity contribution < 1.29 is 28.5 Å². The molecule has 0 saturated carbocycles. The summed E-state index contributed by atoms with van der Waals surface area (Å²) in [6.07, 6.45) is 4.29. The minimum atomic E-state index is -0.509. The lowest BCUT2D eigenvalue weighted by atomic mass is 9.80. The number of hydrogen-bond acceptors (Lipinski definition) is 7. The summed E-state index contributed by atoms with van der Waals surface area (Å²) >= 11 is 0. The highest BCUT2D eigenvalue weighted by Crippen LogP contribution is 2.48. The molecule has 7 heteroatoms. The van der Waals surface area contributed by atoms with Gasteiger partial charge < -0.3 is 18.9 Å². The molecule has 2 aromatic rings. The van der Waals surface area contributed by atoms with E-state index in [1.54, 1.807) is 18.2 Å². The Bertz CT molecular complexity index is 1290. The third-order valence-electron chi connectivity index (χ3n) is 6.31. The predicted molar refractivity (Wildman–Crippen MR) is 138 cm³/mol. The highest BCUT2D eigenvalue weighted by atomic mass is 16.5. The van der Waals surface area contributed by atoms with Crippen LogP contribution in [0.5, 0.6) is 11.5 Å². The zero-order chi connectivity index (χ0) is 26.3. The van der Waals surface area contributed by atoms with Gasteiger partial charge in [0.05, 0.1) is 37.6 Å². The van der Waals surface area contributed by atoms with E-state index in [2.05, 4.69) is 38.5 Å². The molecular formula is C29H33NO6. The summed E-state index contributed by atoms with van der Waals surface area (Å²) in [5.74, 6) is 0.510. The quantitative estimate of drug-likeness (QED) is 0.420. The van der Waals surface area contributed by atoms with E-state index >= 15 is 0 Å². The van der Waals surface area contributed by atoms with E-state index in [0.717, 1.165) is 52.3 Å². The molecule has 0 aliphatic carbocycles. The van der Waals surface area contributed by atoms with E-state index in [-0.39, 0.29) is 11.1 Å². The molecule has 0 amide bonds. The molecule has 7 nitrogen and oxygen atoms in total. The molecule has 0 aromatic heterocycles. The number of benzene rings is 2. The molecule has 2 heterocycles. The summed E-state index contributed by atoms with van der Waals surface area (Å²) < 4.78 is 22.0. The molecule has 4 rings (SSSR count). The van der Waals surface area contributed by atoms with Crippen LogP contribution in [0.25, 0.3) is 6.08 Å². The van der Waals surface area contributed by atoms with Crippen molar-refractivity contribution in [1.29, 1.82) is 0 Å². The van der Waals surface area contributed by atoms with Gasteiger partial charge in [0.1, 0.15) is 5.60 Å². The molecule has 0 unspecified atom stereocenters. The summed E-state index contributed by atoms with van der Waals surface area (Å²) in [6.45, 7) is 10.8. The third kappa shape index (κ3) is 4.87. The van der Waals surface area contributed by atoms with Gasteiger partial charge in [-0.3, -0.25) is 4.99 Å². The van der Waals surface area contributed by atoms with Crippen molar-refractivity contribution in [1.82, 2.24) is 0 Å². The Morgan fingerprint density at radius 1 is 1.08 bits per heavy atom. The van der Waals surface area contributed by atoms with Crippen molar-refractivity contribution in [3.05, 3.63) is 63.7 Å².